The molecule has 0 bridgehead atoms. The maximum Gasteiger partial charge on any atom is 0.302 e. The molecule has 0 radical (unpaired) electrons. The van der Waals surface area contributed by atoms with Crippen LogP contribution in [0.1, 0.15) is 72.1 Å². The number of carbonyl (C=O) groups is 2. The number of hydrogen-bond donors (Lipinski definition) is 0. The lowest BCUT2D eigenvalue weighted by Crippen LogP contribution is -2.42. The molecule has 1 fully saturated rings. The van der Waals surface area contributed by atoms with Crippen molar-refractivity contribution in [2.75, 3.05) is 0 Å². The van der Waals surface area contributed by atoms with E-state index in [1.165, 1.54) is 6.92 Å². The summed E-state index contributed by atoms with van der Waals surface area (Å²) in [7, 11) is 0. The average Bonchev–Trinajstić information content (AvgIpc) is 2.41. The molecule has 4 nitrogen and oxygen atoms in total. The Bertz CT molecular complexity index is 314. The van der Waals surface area contributed by atoms with E-state index >= 15 is 0 Å². The highest BCUT2D eigenvalue weighted by Gasteiger charge is 2.33. The first-order valence-electron chi connectivity index (χ1n) is 7.91. The van der Waals surface area contributed by atoms with Gasteiger partial charge in [0.1, 0.15) is 11.9 Å². The van der Waals surface area contributed by atoms with Crippen LogP contribution in [0.15, 0.2) is 0 Å². The van der Waals surface area contributed by atoms with Crippen LogP contribution >= 0.6 is 0 Å². The molecular weight excluding hydrogens is 256 g/mol. The van der Waals surface area contributed by atoms with Gasteiger partial charge in [0.15, 0.2) is 0 Å². The number of ether oxygens (including phenoxy) is 2. The summed E-state index contributed by atoms with van der Waals surface area (Å²) < 4.78 is 11.4. The van der Waals surface area contributed by atoms with Gasteiger partial charge in [-0.05, 0) is 19.3 Å². The van der Waals surface area contributed by atoms with Gasteiger partial charge in [0.25, 0.3) is 0 Å². The molecule has 3 atom stereocenters. The third-order valence-corrected chi connectivity index (χ3v) is 3.81. The van der Waals surface area contributed by atoms with Crippen LogP contribution in [0.4, 0.5) is 0 Å². The molecule has 0 spiro atoms. The van der Waals surface area contributed by atoms with Gasteiger partial charge in [0.05, 0.1) is 12.2 Å². The Morgan fingerprint density at radius 3 is 2.55 bits per heavy atom. The predicted molar refractivity (Wildman–Crippen MR) is 77.5 cm³/mol. The number of carbonyl (C=O) groups excluding carboxylic acids is 2. The maximum atomic E-state index is 11.5. The molecule has 0 saturated carbocycles. The predicted octanol–water partition coefficient (Wildman–Crippen LogP) is 3.42. The molecule has 0 aromatic heterocycles. The van der Waals surface area contributed by atoms with Crippen LogP contribution in [0, 0.1) is 0 Å². The Balaban J connectivity index is 2.52. The first kappa shape index (κ1) is 17.2. The summed E-state index contributed by atoms with van der Waals surface area (Å²) in [6, 6.07) is 0. The zero-order chi connectivity index (χ0) is 15.0. The highest BCUT2D eigenvalue weighted by atomic mass is 16.6. The molecule has 1 aliphatic heterocycles. The van der Waals surface area contributed by atoms with Gasteiger partial charge in [-0.15, -0.1) is 0 Å². The van der Waals surface area contributed by atoms with Crippen LogP contribution in [-0.4, -0.2) is 30.1 Å². The summed E-state index contributed by atoms with van der Waals surface area (Å²) in [6.45, 7) is 5.48. The minimum atomic E-state index is -0.248. The average molecular weight is 284 g/mol. The second-order valence-corrected chi connectivity index (χ2v) is 5.61. The van der Waals surface area contributed by atoms with E-state index in [9.17, 15) is 9.59 Å². The number of esters is 1. The molecule has 1 rings (SSSR count). The fourth-order valence-corrected chi connectivity index (χ4v) is 2.68. The second-order valence-electron chi connectivity index (χ2n) is 5.61. The second kappa shape index (κ2) is 9.11. The number of unbranched alkanes of at least 4 members (excludes halogenated alkanes) is 2. The summed E-state index contributed by atoms with van der Waals surface area (Å²) in [5, 5.41) is 0. The lowest BCUT2D eigenvalue weighted by molar-refractivity contribution is -0.172. The molecule has 0 aromatic rings. The highest BCUT2D eigenvalue weighted by molar-refractivity contribution is 5.78. The minimum absolute atomic E-state index is 0.000819. The molecule has 0 aliphatic carbocycles. The van der Waals surface area contributed by atoms with Gasteiger partial charge in [0.2, 0.25) is 0 Å². The molecule has 0 unspecified atom stereocenters. The topological polar surface area (TPSA) is 52.6 Å². The lowest BCUT2D eigenvalue weighted by Gasteiger charge is -2.36. The number of hydrogen-bond acceptors (Lipinski definition) is 4. The molecule has 0 amide bonds. The molecule has 0 N–H and O–H groups in total. The quantitative estimate of drug-likeness (QED) is 0.506. The summed E-state index contributed by atoms with van der Waals surface area (Å²) >= 11 is 0. The standard InChI is InChI=1S/C16H28O4/c1-4-6-7-8-15-16(19-12(3)17)10-9-14(20-15)11-13(18)5-2/h14-16H,4-11H2,1-3H3/t14-,15+,16+/m1/s1. The Kier molecular flexibility index (Phi) is 7.82. The van der Waals surface area contributed by atoms with Gasteiger partial charge < -0.3 is 9.47 Å². The SMILES string of the molecule is CCCCC[C@@H]1O[C@@H](CC(=O)CC)CC[C@@H]1OC(C)=O. The van der Waals surface area contributed by atoms with E-state index in [-0.39, 0.29) is 30.1 Å². The van der Waals surface area contributed by atoms with Crippen LogP contribution in [0.25, 0.3) is 0 Å². The Hall–Kier alpha value is -0.900. The molecule has 116 valence electrons. The minimum Gasteiger partial charge on any atom is -0.460 e. The number of ketones is 1. The Morgan fingerprint density at radius 1 is 1.20 bits per heavy atom. The fraction of sp³-hybridized carbons (Fsp3) is 0.875. The van der Waals surface area contributed by atoms with Gasteiger partial charge >= 0.3 is 5.97 Å². The van der Waals surface area contributed by atoms with Gasteiger partial charge in [-0.2, -0.15) is 0 Å². The van der Waals surface area contributed by atoms with E-state index in [1.54, 1.807) is 0 Å². The van der Waals surface area contributed by atoms with E-state index in [1.807, 2.05) is 6.92 Å². The highest BCUT2D eigenvalue weighted by Crippen LogP contribution is 2.28. The molecule has 1 aliphatic rings. The van der Waals surface area contributed by atoms with Crippen LogP contribution in [0.3, 0.4) is 0 Å². The molecule has 1 saturated heterocycles. The van der Waals surface area contributed by atoms with Crippen LogP contribution in [-0.2, 0) is 19.1 Å². The monoisotopic (exact) mass is 284 g/mol. The summed E-state index contributed by atoms with van der Waals surface area (Å²) in [5.74, 6) is -0.00424. The van der Waals surface area contributed by atoms with Crippen molar-refractivity contribution in [1.82, 2.24) is 0 Å². The summed E-state index contributed by atoms with van der Waals surface area (Å²) in [6.07, 6.45) is 6.77. The van der Waals surface area contributed by atoms with E-state index in [2.05, 4.69) is 6.92 Å². The van der Waals surface area contributed by atoms with Crippen molar-refractivity contribution in [2.24, 2.45) is 0 Å². The summed E-state index contributed by atoms with van der Waals surface area (Å²) in [5.41, 5.74) is 0. The maximum absolute atomic E-state index is 11.5. The van der Waals surface area contributed by atoms with Gasteiger partial charge in [-0.25, -0.2) is 0 Å². The Morgan fingerprint density at radius 2 is 1.95 bits per heavy atom. The molecule has 0 aromatic carbocycles. The number of rotatable bonds is 8. The van der Waals surface area contributed by atoms with Crippen molar-refractivity contribution in [3.05, 3.63) is 0 Å². The van der Waals surface area contributed by atoms with Gasteiger partial charge in [-0.1, -0.05) is 33.1 Å². The van der Waals surface area contributed by atoms with Crippen LogP contribution in [0.2, 0.25) is 0 Å². The Labute approximate surface area is 122 Å². The van der Waals surface area contributed by atoms with E-state index in [0.29, 0.717) is 12.8 Å². The van der Waals surface area contributed by atoms with Crippen molar-refractivity contribution in [3.8, 4) is 0 Å². The summed E-state index contributed by atoms with van der Waals surface area (Å²) in [4.78, 5) is 22.7. The van der Waals surface area contributed by atoms with E-state index < -0.39 is 0 Å². The molecule has 20 heavy (non-hydrogen) atoms. The van der Waals surface area contributed by atoms with Crippen LogP contribution < -0.4 is 0 Å². The van der Waals surface area contributed by atoms with Crippen molar-refractivity contribution in [3.63, 3.8) is 0 Å². The van der Waals surface area contributed by atoms with Crippen molar-refractivity contribution in [2.45, 2.75) is 90.4 Å². The zero-order valence-electron chi connectivity index (χ0n) is 13.0. The first-order valence-corrected chi connectivity index (χ1v) is 7.91. The normalized spacial score (nSPS) is 26.2. The van der Waals surface area contributed by atoms with E-state index in [0.717, 1.165) is 38.5 Å². The fourth-order valence-electron chi connectivity index (χ4n) is 2.68. The van der Waals surface area contributed by atoms with Gasteiger partial charge in [-0.3, -0.25) is 9.59 Å². The van der Waals surface area contributed by atoms with Crippen LogP contribution in [0.5, 0.6) is 0 Å². The third kappa shape index (κ3) is 6.04. The lowest BCUT2D eigenvalue weighted by atomic mass is 9.94. The third-order valence-electron chi connectivity index (χ3n) is 3.81. The van der Waals surface area contributed by atoms with Crippen molar-refractivity contribution >= 4 is 11.8 Å². The molecule has 1 heterocycles. The molecule has 4 heteroatoms. The number of Topliss-reactive ketones (excluding diaryl/α,β-unsaturated/α-hetero) is 1. The van der Waals surface area contributed by atoms with Crippen molar-refractivity contribution in [1.29, 1.82) is 0 Å². The zero-order valence-corrected chi connectivity index (χ0v) is 13.0. The molecular formula is C16H28O4. The van der Waals surface area contributed by atoms with Gasteiger partial charge in [0, 0.05) is 19.8 Å². The largest absolute Gasteiger partial charge is 0.460 e. The smallest absolute Gasteiger partial charge is 0.302 e. The van der Waals surface area contributed by atoms with Crippen molar-refractivity contribution < 1.29 is 19.1 Å². The van der Waals surface area contributed by atoms with E-state index in [4.69, 9.17) is 9.47 Å². The first-order chi connectivity index (χ1) is 9.56.